The van der Waals surface area contributed by atoms with Gasteiger partial charge in [-0.25, -0.2) is 5.01 Å². The molecule has 0 spiro atoms. The lowest BCUT2D eigenvalue weighted by Gasteiger charge is -2.32. The van der Waals surface area contributed by atoms with Gasteiger partial charge in [0.25, 0.3) is 5.91 Å². The van der Waals surface area contributed by atoms with Crippen LogP contribution in [0.25, 0.3) is 0 Å². The number of carbonyl (C=O) groups is 1. The summed E-state index contributed by atoms with van der Waals surface area (Å²) in [4.78, 5) is 15.4. The maximum atomic E-state index is 13.2. The van der Waals surface area contributed by atoms with E-state index in [-0.39, 0.29) is 18.1 Å². The molecule has 0 aromatic heterocycles. The lowest BCUT2D eigenvalue weighted by Crippen LogP contribution is -2.46. The van der Waals surface area contributed by atoms with Crippen molar-refractivity contribution in [3.63, 3.8) is 0 Å². The molecular weight excluding hydrogens is 366 g/mol. The van der Waals surface area contributed by atoms with Crippen LogP contribution in [0.2, 0.25) is 0 Å². The number of amides is 1. The third-order valence-electron chi connectivity index (χ3n) is 5.46. The summed E-state index contributed by atoms with van der Waals surface area (Å²) in [6.07, 6.45) is 0.845. The molecule has 0 bridgehead atoms. The molecule has 0 aliphatic carbocycles. The predicted octanol–water partition coefficient (Wildman–Crippen LogP) is 3.09. The maximum absolute atomic E-state index is 13.2. The molecule has 2 unspecified atom stereocenters. The largest absolute Gasteiger partial charge is 0.497 e. The first kappa shape index (κ1) is 19.6. The number of nitrogens with zero attached hydrogens (tertiary/aromatic N) is 3. The van der Waals surface area contributed by atoms with Crippen molar-refractivity contribution in [2.24, 2.45) is 5.10 Å². The van der Waals surface area contributed by atoms with E-state index in [1.807, 2.05) is 61.5 Å². The number of benzene rings is 2. The number of hydrazone groups is 1. The molecule has 1 saturated heterocycles. The quantitative estimate of drug-likeness (QED) is 0.783. The van der Waals surface area contributed by atoms with Crippen molar-refractivity contribution < 1.29 is 14.3 Å². The van der Waals surface area contributed by atoms with Crippen molar-refractivity contribution in [3.05, 3.63) is 65.7 Å². The minimum atomic E-state index is -0.109. The summed E-state index contributed by atoms with van der Waals surface area (Å²) in [5.74, 6) is 0.821. The van der Waals surface area contributed by atoms with Crippen LogP contribution in [0.4, 0.5) is 0 Å². The first-order valence-corrected chi connectivity index (χ1v) is 10.1. The zero-order chi connectivity index (χ0) is 20.2. The number of carbonyl (C=O) groups excluding carboxylic acids is 1. The van der Waals surface area contributed by atoms with Crippen molar-refractivity contribution >= 4 is 11.6 Å². The van der Waals surface area contributed by atoms with Gasteiger partial charge in [-0.3, -0.25) is 9.69 Å². The summed E-state index contributed by atoms with van der Waals surface area (Å²) < 4.78 is 10.9. The van der Waals surface area contributed by atoms with Gasteiger partial charge in [0.1, 0.15) is 5.75 Å². The smallest absolute Gasteiger partial charge is 0.257 e. The molecule has 1 amide bonds. The van der Waals surface area contributed by atoms with E-state index in [4.69, 9.17) is 14.6 Å². The maximum Gasteiger partial charge on any atom is 0.257 e. The zero-order valence-corrected chi connectivity index (χ0v) is 17.0. The number of morpholine rings is 1. The standard InChI is InChI=1S/C23H27N3O3/c1-17-15-25(12-13-29-17)16-23(27)26-22(19-8-10-20(28-2)11-9-19)14-21(24-26)18-6-4-3-5-7-18/h3-11,17,22H,12-16H2,1-2H3. The Bertz CT molecular complexity index is 867. The van der Waals surface area contributed by atoms with E-state index in [2.05, 4.69) is 4.90 Å². The van der Waals surface area contributed by atoms with E-state index in [0.29, 0.717) is 19.6 Å². The first-order valence-electron chi connectivity index (χ1n) is 10.1. The molecule has 0 saturated carbocycles. The number of rotatable bonds is 5. The summed E-state index contributed by atoms with van der Waals surface area (Å²) in [5.41, 5.74) is 3.06. The van der Waals surface area contributed by atoms with Gasteiger partial charge >= 0.3 is 0 Å². The highest BCUT2D eigenvalue weighted by Gasteiger charge is 2.34. The molecule has 2 heterocycles. The predicted molar refractivity (Wildman–Crippen MR) is 112 cm³/mol. The molecule has 2 atom stereocenters. The fraction of sp³-hybridized carbons (Fsp3) is 0.391. The topological polar surface area (TPSA) is 54.4 Å². The van der Waals surface area contributed by atoms with Gasteiger partial charge in [-0.1, -0.05) is 42.5 Å². The Morgan fingerprint density at radius 2 is 1.93 bits per heavy atom. The van der Waals surface area contributed by atoms with Gasteiger partial charge in [0, 0.05) is 19.5 Å². The third kappa shape index (κ3) is 4.49. The molecule has 0 N–H and O–H groups in total. The fourth-order valence-electron chi connectivity index (χ4n) is 3.93. The zero-order valence-electron chi connectivity index (χ0n) is 17.0. The molecule has 1 fully saturated rings. The van der Waals surface area contributed by atoms with E-state index < -0.39 is 0 Å². The van der Waals surface area contributed by atoms with E-state index in [1.165, 1.54) is 0 Å². The number of hydrogen-bond acceptors (Lipinski definition) is 5. The molecule has 6 nitrogen and oxygen atoms in total. The lowest BCUT2D eigenvalue weighted by molar-refractivity contribution is -0.136. The highest BCUT2D eigenvalue weighted by atomic mass is 16.5. The summed E-state index contributed by atoms with van der Waals surface area (Å²) in [5, 5.41) is 6.43. The van der Waals surface area contributed by atoms with E-state index >= 15 is 0 Å². The van der Waals surface area contributed by atoms with Crippen LogP contribution in [-0.4, -0.2) is 61.0 Å². The number of methoxy groups -OCH3 is 1. The fourth-order valence-corrected chi connectivity index (χ4v) is 3.93. The van der Waals surface area contributed by atoms with Crippen molar-refractivity contribution in [1.82, 2.24) is 9.91 Å². The van der Waals surface area contributed by atoms with E-state index in [1.54, 1.807) is 12.1 Å². The normalized spacial score (nSPS) is 22.4. The summed E-state index contributed by atoms with van der Waals surface area (Å²) in [7, 11) is 1.65. The number of ether oxygens (including phenoxy) is 2. The second kappa shape index (κ2) is 8.76. The summed E-state index contributed by atoms with van der Waals surface area (Å²) >= 11 is 0. The highest BCUT2D eigenvalue weighted by Crippen LogP contribution is 2.33. The molecule has 2 aliphatic rings. The summed E-state index contributed by atoms with van der Waals surface area (Å²) in [6, 6.07) is 17.9. The first-order chi connectivity index (χ1) is 14.1. The van der Waals surface area contributed by atoms with Crippen LogP contribution in [0.1, 0.15) is 30.5 Å². The molecule has 29 heavy (non-hydrogen) atoms. The molecule has 2 aromatic rings. The Kier molecular flexibility index (Phi) is 5.92. The van der Waals surface area contributed by atoms with Crippen LogP contribution >= 0.6 is 0 Å². The van der Waals surface area contributed by atoms with Crippen molar-refractivity contribution in [1.29, 1.82) is 0 Å². The Labute approximate surface area is 171 Å². The molecule has 0 radical (unpaired) electrons. The monoisotopic (exact) mass is 393 g/mol. The SMILES string of the molecule is COc1ccc(C2CC(c3ccccc3)=NN2C(=O)CN2CCOC(C)C2)cc1. The van der Waals surface area contributed by atoms with Gasteiger partial charge in [-0.2, -0.15) is 5.10 Å². The van der Waals surface area contributed by atoms with Gasteiger partial charge in [-0.15, -0.1) is 0 Å². The van der Waals surface area contributed by atoms with Gasteiger partial charge in [0.2, 0.25) is 0 Å². The molecule has 152 valence electrons. The molecular formula is C23H27N3O3. The highest BCUT2D eigenvalue weighted by molar-refractivity contribution is 6.03. The minimum Gasteiger partial charge on any atom is -0.497 e. The lowest BCUT2D eigenvalue weighted by atomic mass is 9.98. The van der Waals surface area contributed by atoms with E-state index in [9.17, 15) is 4.79 Å². The molecule has 6 heteroatoms. The van der Waals surface area contributed by atoms with Crippen molar-refractivity contribution in [2.45, 2.75) is 25.5 Å². The van der Waals surface area contributed by atoms with E-state index in [0.717, 1.165) is 35.7 Å². The van der Waals surface area contributed by atoms with Gasteiger partial charge < -0.3 is 9.47 Å². The molecule has 2 aliphatic heterocycles. The second-order valence-corrected chi connectivity index (χ2v) is 7.56. The average molecular weight is 393 g/mol. The second-order valence-electron chi connectivity index (χ2n) is 7.56. The molecule has 2 aromatic carbocycles. The van der Waals surface area contributed by atoms with Gasteiger partial charge in [-0.05, 0) is 30.2 Å². The van der Waals surface area contributed by atoms with Crippen LogP contribution < -0.4 is 4.74 Å². The Morgan fingerprint density at radius 3 is 2.62 bits per heavy atom. The Balaban J connectivity index is 1.57. The number of hydrogen-bond donors (Lipinski definition) is 0. The molecule has 4 rings (SSSR count). The van der Waals surface area contributed by atoms with Crippen LogP contribution in [-0.2, 0) is 9.53 Å². The van der Waals surface area contributed by atoms with Crippen LogP contribution in [0.15, 0.2) is 59.7 Å². The summed E-state index contributed by atoms with van der Waals surface area (Å²) in [6.45, 7) is 4.59. The Morgan fingerprint density at radius 1 is 1.17 bits per heavy atom. The van der Waals surface area contributed by atoms with Crippen LogP contribution in [0.5, 0.6) is 5.75 Å². The van der Waals surface area contributed by atoms with Gasteiger partial charge in [0.15, 0.2) is 0 Å². The van der Waals surface area contributed by atoms with Crippen LogP contribution in [0.3, 0.4) is 0 Å². The third-order valence-corrected chi connectivity index (χ3v) is 5.46. The van der Waals surface area contributed by atoms with Crippen LogP contribution in [0, 0.1) is 0 Å². The van der Waals surface area contributed by atoms with Gasteiger partial charge in [0.05, 0.1) is 38.1 Å². The van der Waals surface area contributed by atoms with Crippen molar-refractivity contribution in [3.8, 4) is 5.75 Å². The Hall–Kier alpha value is -2.70. The van der Waals surface area contributed by atoms with Crippen molar-refractivity contribution in [2.75, 3.05) is 33.4 Å². The minimum absolute atomic E-state index is 0.0193. The average Bonchev–Trinajstić information content (AvgIpc) is 3.20.